The number of aryl methyl sites for hydroxylation is 1. The minimum absolute atomic E-state index is 0.000289. The van der Waals surface area contributed by atoms with E-state index in [1.165, 1.54) is 0 Å². The second-order valence-electron chi connectivity index (χ2n) is 8.41. The zero-order chi connectivity index (χ0) is 20.9. The van der Waals surface area contributed by atoms with Crippen LogP contribution in [0.15, 0.2) is 18.3 Å². The Morgan fingerprint density at radius 3 is 2.62 bits per heavy atom. The number of anilines is 1. The molecule has 3 rings (SSSR count). The second-order valence-corrected chi connectivity index (χ2v) is 8.41. The molecular formula is C22H31N5O2. The molecule has 1 saturated carbocycles. The van der Waals surface area contributed by atoms with Gasteiger partial charge in [0.15, 0.2) is 0 Å². The summed E-state index contributed by atoms with van der Waals surface area (Å²) < 4.78 is 0. The molecule has 2 heterocycles. The number of nitriles is 1. The molecule has 0 unspecified atom stereocenters. The molecule has 0 aromatic carbocycles. The number of pyridine rings is 1. The topological polar surface area (TPSA) is 89.3 Å². The summed E-state index contributed by atoms with van der Waals surface area (Å²) in [7, 11) is 1.77. The Morgan fingerprint density at radius 2 is 2.00 bits per heavy atom. The molecule has 1 aliphatic heterocycles. The number of likely N-dealkylation sites (tertiary alicyclic amines) is 1. The molecule has 7 heteroatoms. The number of rotatable bonds is 5. The molecule has 1 aromatic heterocycles. The lowest BCUT2D eigenvalue weighted by Gasteiger charge is -2.40. The first-order chi connectivity index (χ1) is 13.9. The van der Waals surface area contributed by atoms with Crippen LogP contribution >= 0.6 is 0 Å². The number of nitrogens with zero attached hydrogens (tertiary/aromatic N) is 4. The van der Waals surface area contributed by atoms with Crippen molar-refractivity contribution in [1.82, 2.24) is 14.8 Å². The molecule has 1 aromatic rings. The quantitative estimate of drug-likeness (QED) is 0.825. The molecule has 7 nitrogen and oxygen atoms in total. The molecule has 156 valence electrons. The van der Waals surface area contributed by atoms with Crippen LogP contribution in [0.4, 0.5) is 5.82 Å². The van der Waals surface area contributed by atoms with Gasteiger partial charge in [0.25, 0.3) is 0 Å². The molecule has 2 fully saturated rings. The SMILES string of the molecule is Cc1ccnc(NC(=O)C2CCN(CC(=O)N(C)C3(C#N)CCCCC3)CC2)c1. The Kier molecular flexibility index (Phi) is 6.86. The number of piperidine rings is 1. The predicted molar refractivity (Wildman–Crippen MR) is 111 cm³/mol. The number of amides is 2. The highest BCUT2D eigenvalue weighted by Crippen LogP contribution is 2.32. The minimum Gasteiger partial charge on any atom is -0.326 e. The summed E-state index contributed by atoms with van der Waals surface area (Å²) in [4.78, 5) is 33.3. The van der Waals surface area contributed by atoms with Gasteiger partial charge in [-0.1, -0.05) is 19.3 Å². The van der Waals surface area contributed by atoms with Gasteiger partial charge in [0.05, 0.1) is 12.6 Å². The van der Waals surface area contributed by atoms with Crippen molar-refractivity contribution in [3.8, 4) is 6.07 Å². The zero-order valence-corrected chi connectivity index (χ0v) is 17.5. The fraction of sp³-hybridized carbons (Fsp3) is 0.636. The maximum absolute atomic E-state index is 12.8. The normalized spacial score (nSPS) is 19.9. The van der Waals surface area contributed by atoms with Crippen molar-refractivity contribution in [2.24, 2.45) is 5.92 Å². The van der Waals surface area contributed by atoms with E-state index in [9.17, 15) is 14.9 Å². The lowest BCUT2D eigenvalue weighted by atomic mass is 9.81. The molecule has 2 aliphatic rings. The summed E-state index contributed by atoms with van der Waals surface area (Å²) in [5.74, 6) is 0.519. The fourth-order valence-corrected chi connectivity index (χ4v) is 4.38. The van der Waals surface area contributed by atoms with Crippen molar-refractivity contribution in [3.05, 3.63) is 23.9 Å². The van der Waals surface area contributed by atoms with Gasteiger partial charge in [-0.05, 0) is 63.4 Å². The van der Waals surface area contributed by atoms with Gasteiger partial charge in [-0.25, -0.2) is 4.98 Å². The van der Waals surface area contributed by atoms with Gasteiger partial charge in [-0.2, -0.15) is 5.26 Å². The second kappa shape index (κ2) is 9.36. The maximum Gasteiger partial charge on any atom is 0.237 e. The van der Waals surface area contributed by atoms with Gasteiger partial charge in [0.2, 0.25) is 11.8 Å². The lowest BCUT2D eigenvalue weighted by Crippen LogP contribution is -2.53. The Hall–Kier alpha value is -2.46. The number of carbonyl (C=O) groups excluding carboxylic acids is 2. The zero-order valence-electron chi connectivity index (χ0n) is 17.5. The molecular weight excluding hydrogens is 366 g/mol. The van der Waals surface area contributed by atoms with E-state index in [4.69, 9.17) is 0 Å². The third kappa shape index (κ3) is 5.13. The van der Waals surface area contributed by atoms with Gasteiger partial charge in [0.1, 0.15) is 11.4 Å². The van der Waals surface area contributed by atoms with E-state index in [2.05, 4.69) is 21.3 Å². The predicted octanol–water partition coefficient (Wildman–Crippen LogP) is 2.73. The van der Waals surface area contributed by atoms with E-state index < -0.39 is 5.54 Å². The minimum atomic E-state index is -0.644. The van der Waals surface area contributed by atoms with Crippen molar-refractivity contribution < 1.29 is 9.59 Å². The smallest absolute Gasteiger partial charge is 0.237 e. The summed E-state index contributed by atoms with van der Waals surface area (Å²) in [5.41, 5.74) is 0.412. The molecule has 0 radical (unpaired) electrons. The van der Waals surface area contributed by atoms with Gasteiger partial charge in [-0.3, -0.25) is 14.5 Å². The maximum atomic E-state index is 12.8. The van der Waals surface area contributed by atoms with Crippen LogP contribution in [-0.4, -0.2) is 58.8 Å². The van der Waals surface area contributed by atoms with Crippen LogP contribution in [-0.2, 0) is 9.59 Å². The van der Waals surface area contributed by atoms with E-state index in [0.717, 1.165) is 50.5 Å². The standard InChI is InChI=1S/C22H31N5O2/c1-17-6-11-24-19(14-17)25-21(29)18-7-12-27(13-8-18)15-20(28)26(2)22(16-23)9-4-3-5-10-22/h6,11,14,18H,3-5,7-10,12-13,15H2,1-2H3,(H,24,25,29). The largest absolute Gasteiger partial charge is 0.326 e. The number of hydrogen-bond acceptors (Lipinski definition) is 5. The summed E-state index contributed by atoms with van der Waals surface area (Å²) >= 11 is 0. The van der Waals surface area contributed by atoms with Crippen LogP contribution in [0.5, 0.6) is 0 Å². The Labute approximate surface area is 173 Å². The van der Waals surface area contributed by atoms with Crippen LogP contribution in [0.3, 0.4) is 0 Å². The van der Waals surface area contributed by atoms with Gasteiger partial charge in [-0.15, -0.1) is 0 Å². The average molecular weight is 398 g/mol. The summed E-state index contributed by atoms with van der Waals surface area (Å²) in [5, 5.41) is 12.6. The van der Waals surface area contributed by atoms with Gasteiger partial charge in [0, 0.05) is 19.2 Å². The monoisotopic (exact) mass is 397 g/mol. The molecule has 1 aliphatic carbocycles. The van der Waals surface area contributed by atoms with Crippen molar-refractivity contribution >= 4 is 17.6 Å². The number of nitrogens with one attached hydrogen (secondary N) is 1. The molecule has 29 heavy (non-hydrogen) atoms. The number of likely N-dealkylation sites (N-methyl/N-ethyl adjacent to an activating group) is 1. The fourth-order valence-electron chi connectivity index (χ4n) is 4.38. The van der Waals surface area contributed by atoms with Crippen molar-refractivity contribution in [2.75, 3.05) is 32.0 Å². The summed E-state index contributed by atoms with van der Waals surface area (Å²) in [6, 6.07) is 6.17. The Bertz CT molecular complexity index is 774. The average Bonchev–Trinajstić information content (AvgIpc) is 2.74. The molecule has 1 N–H and O–H groups in total. The van der Waals surface area contributed by atoms with Crippen molar-refractivity contribution in [1.29, 1.82) is 5.26 Å². The molecule has 0 atom stereocenters. The third-order valence-electron chi connectivity index (χ3n) is 6.39. The van der Waals surface area contributed by atoms with Crippen molar-refractivity contribution in [2.45, 2.75) is 57.4 Å². The summed E-state index contributed by atoms with van der Waals surface area (Å²) in [6.07, 6.45) is 7.80. The van der Waals surface area contributed by atoms with Crippen LogP contribution in [0.25, 0.3) is 0 Å². The van der Waals surface area contributed by atoms with Crippen LogP contribution in [0.1, 0.15) is 50.5 Å². The number of carbonyl (C=O) groups is 2. The highest BCUT2D eigenvalue weighted by molar-refractivity contribution is 5.91. The van der Waals surface area contributed by atoms with Crippen molar-refractivity contribution in [3.63, 3.8) is 0 Å². The Balaban J connectivity index is 1.48. The van der Waals surface area contributed by atoms with E-state index >= 15 is 0 Å². The summed E-state index contributed by atoms with van der Waals surface area (Å²) in [6.45, 7) is 3.69. The Morgan fingerprint density at radius 1 is 1.31 bits per heavy atom. The van der Waals surface area contributed by atoms with E-state index in [1.807, 2.05) is 19.1 Å². The van der Waals surface area contributed by atoms with Crippen LogP contribution in [0, 0.1) is 24.2 Å². The van der Waals surface area contributed by atoms with E-state index in [1.54, 1.807) is 18.1 Å². The first kappa shape index (κ1) is 21.3. The van der Waals surface area contributed by atoms with Gasteiger partial charge < -0.3 is 10.2 Å². The van der Waals surface area contributed by atoms with Gasteiger partial charge >= 0.3 is 0 Å². The first-order valence-corrected chi connectivity index (χ1v) is 10.6. The molecule has 0 spiro atoms. The van der Waals surface area contributed by atoms with E-state index in [-0.39, 0.29) is 17.7 Å². The molecule has 0 bridgehead atoms. The number of aromatic nitrogens is 1. The first-order valence-electron chi connectivity index (χ1n) is 10.6. The molecule has 1 saturated heterocycles. The number of hydrogen-bond donors (Lipinski definition) is 1. The van der Waals surface area contributed by atoms with Crippen LogP contribution in [0.2, 0.25) is 0 Å². The highest BCUT2D eigenvalue weighted by Gasteiger charge is 2.39. The highest BCUT2D eigenvalue weighted by atomic mass is 16.2. The van der Waals surface area contributed by atoms with E-state index in [0.29, 0.717) is 25.5 Å². The van der Waals surface area contributed by atoms with Crippen LogP contribution < -0.4 is 5.32 Å². The third-order valence-corrected chi connectivity index (χ3v) is 6.39. The lowest BCUT2D eigenvalue weighted by molar-refractivity contribution is -0.136. The molecule has 2 amide bonds.